The fourth-order valence-electron chi connectivity index (χ4n) is 3.56. The number of methoxy groups -OCH3 is 2. The van der Waals surface area contributed by atoms with Crippen LogP contribution in [0.25, 0.3) is 6.08 Å². The number of anilines is 1. The quantitative estimate of drug-likeness (QED) is 0.302. The third-order valence-corrected chi connectivity index (χ3v) is 6.88. The summed E-state index contributed by atoms with van der Waals surface area (Å²) in [5.74, 6) is 0.183. The SMILES string of the molecule is COc1ccc(NC(=O)CN2C(=O)S/C(=C/c3cccc(OC)c3OCc3ccc(Cl)cc3)C2=O)cc1Cl. The molecule has 0 unspecified atom stereocenters. The Balaban J connectivity index is 1.49. The predicted octanol–water partition coefficient (Wildman–Crippen LogP) is 6.26. The van der Waals surface area contributed by atoms with Crippen molar-refractivity contribution in [3.05, 3.63) is 86.7 Å². The molecule has 38 heavy (non-hydrogen) atoms. The van der Waals surface area contributed by atoms with E-state index in [2.05, 4.69) is 5.32 Å². The van der Waals surface area contributed by atoms with Gasteiger partial charge in [0.15, 0.2) is 11.5 Å². The van der Waals surface area contributed by atoms with Crippen LogP contribution in [0.1, 0.15) is 11.1 Å². The largest absolute Gasteiger partial charge is 0.495 e. The summed E-state index contributed by atoms with van der Waals surface area (Å²) in [6, 6.07) is 17.1. The lowest BCUT2D eigenvalue weighted by atomic mass is 10.1. The number of benzene rings is 3. The van der Waals surface area contributed by atoms with E-state index in [1.165, 1.54) is 20.3 Å². The van der Waals surface area contributed by atoms with Gasteiger partial charge in [-0.25, -0.2) is 0 Å². The van der Waals surface area contributed by atoms with Crippen LogP contribution in [0.5, 0.6) is 17.2 Å². The molecule has 0 aliphatic carbocycles. The van der Waals surface area contributed by atoms with E-state index < -0.39 is 23.6 Å². The minimum absolute atomic E-state index is 0.153. The fourth-order valence-corrected chi connectivity index (χ4v) is 4.78. The third kappa shape index (κ3) is 6.42. The first-order chi connectivity index (χ1) is 18.3. The smallest absolute Gasteiger partial charge is 0.294 e. The number of halogens is 2. The van der Waals surface area contributed by atoms with E-state index in [4.69, 9.17) is 37.4 Å². The number of nitrogens with one attached hydrogen (secondary N) is 1. The Morgan fingerprint density at radius 3 is 2.42 bits per heavy atom. The maximum absolute atomic E-state index is 13.0. The van der Waals surface area contributed by atoms with Gasteiger partial charge in [0.25, 0.3) is 11.1 Å². The summed E-state index contributed by atoms with van der Waals surface area (Å²) in [7, 11) is 2.99. The molecule has 4 rings (SSSR count). The summed E-state index contributed by atoms with van der Waals surface area (Å²) in [5, 5.41) is 3.00. The minimum atomic E-state index is -0.589. The van der Waals surface area contributed by atoms with Gasteiger partial charge in [-0.15, -0.1) is 0 Å². The van der Waals surface area contributed by atoms with E-state index in [1.54, 1.807) is 48.5 Å². The zero-order valence-corrected chi connectivity index (χ0v) is 22.7. The van der Waals surface area contributed by atoms with Gasteiger partial charge in [-0.2, -0.15) is 0 Å². The van der Waals surface area contributed by atoms with Crippen LogP contribution in [0.15, 0.2) is 65.6 Å². The van der Waals surface area contributed by atoms with Crippen molar-refractivity contribution in [2.75, 3.05) is 26.1 Å². The molecule has 11 heteroatoms. The Hall–Kier alpha value is -3.66. The van der Waals surface area contributed by atoms with Gasteiger partial charge in [0.1, 0.15) is 18.9 Å². The molecule has 3 aromatic rings. The van der Waals surface area contributed by atoms with Crippen molar-refractivity contribution in [2.24, 2.45) is 0 Å². The number of para-hydroxylation sites is 1. The molecule has 0 radical (unpaired) electrons. The highest BCUT2D eigenvalue weighted by molar-refractivity contribution is 8.18. The summed E-state index contributed by atoms with van der Waals surface area (Å²) in [5.41, 5.74) is 1.83. The van der Waals surface area contributed by atoms with Crippen LogP contribution < -0.4 is 19.5 Å². The lowest BCUT2D eigenvalue weighted by molar-refractivity contribution is -0.127. The van der Waals surface area contributed by atoms with Crippen molar-refractivity contribution in [3.63, 3.8) is 0 Å². The van der Waals surface area contributed by atoms with Crippen LogP contribution in [-0.2, 0) is 16.2 Å². The van der Waals surface area contributed by atoms with Gasteiger partial charge < -0.3 is 19.5 Å². The summed E-state index contributed by atoms with van der Waals surface area (Å²) in [4.78, 5) is 39.2. The number of imide groups is 1. The minimum Gasteiger partial charge on any atom is -0.495 e. The Morgan fingerprint density at radius 2 is 1.74 bits per heavy atom. The molecular weight excluding hydrogens is 551 g/mol. The second-order valence-electron chi connectivity index (χ2n) is 7.96. The molecule has 1 N–H and O–H groups in total. The highest BCUT2D eigenvalue weighted by atomic mass is 35.5. The zero-order chi connectivity index (χ0) is 27.2. The highest BCUT2D eigenvalue weighted by Crippen LogP contribution is 2.38. The van der Waals surface area contributed by atoms with Gasteiger partial charge in [0.05, 0.1) is 24.1 Å². The average molecular weight is 573 g/mol. The molecule has 0 bridgehead atoms. The molecule has 0 saturated carbocycles. The van der Waals surface area contributed by atoms with Crippen LogP contribution in [0.3, 0.4) is 0 Å². The summed E-state index contributed by atoms with van der Waals surface area (Å²) in [6.45, 7) is -0.223. The molecule has 1 saturated heterocycles. The van der Waals surface area contributed by atoms with E-state index in [1.807, 2.05) is 12.1 Å². The van der Waals surface area contributed by atoms with Gasteiger partial charge in [-0.1, -0.05) is 47.5 Å². The van der Waals surface area contributed by atoms with Crippen LogP contribution in [0.4, 0.5) is 10.5 Å². The van der Waals surface area contributed by atoms with Crippen LogP contribution in [-0.4, -0.2) is 42.7 Å². The zero-order valence-electron chi connectivity index (χ0n) is 20.3. The Kier molecular flexibility index (Phi) is 8.83. The summed E-state index contributed by atoms with van der Waals surface area (Å²) >= 11 is 12.8. The van der Waals surface area contributed by atoms with E-state index >= 15 is 0 Å². The van der Waals surface area contributed by atoms with Crippen molar-refractivity contribution < 1.29 is 28.6 Å². The molecule has 1 aliphatic rings. The number of amides is 3. The predicted molar refractivity (Wildman–Crippen MR) is 148 cm³/mol. The third-order valence-electron chi connectivity index (χ3n) is 5.42. The number of carbonyl (C=O) groups excluding carboxylic acids is 3. The maximum atomic E-state index is 13.0. The maximum Gasteiger partial charge on any atom is 0.294 e. The first-order valence-corrected chi connectivity index (χ1v) is 12.8. The first-order valence-electron chi connectivity index (χ1n) is 11.2. The summed E-state index contributed by atoms with van der Waals surface area (Å²) in [6.07, 6.45) is 1.55. The average Bonchev–Trinajstić information content (AvgIpc) is 3.16. The van der Waals surface area contributed by atoms with Gasteiger partial charge in [-0.05, 0) is 59.8 Å². The normalized spacial score (nSPS) is 14.1. The number of nitrogens with zero attached hydrogens (tertiary/aromatic N) is 1. The Labute approximate surface area is 233 Å². The number of carbonyl (C=O) groups is 3. The van der Waals surface area contributed by atoms with E-state index in [0.717, 1.165) is 22.2 Å². The van der Waals surface area contributed by atoms with Crippen LogP contribution >= 0.6 is 35.0 Å². The van der Waals surface area contributed by atoms with Gasteiger partial charge in [0.2, 0.25) is 5.91 Å². The standard InChI is InChI=1S/C27H22Cl2N2O6S/c1-35-21-11-10-19(13-20(21)29)30-24(32)14-31-26(33)23(38-27(31)34)12-17-4-3-5-22(36-2)25(17)37-15-16-6-8-18(28)9-7-16/h3-13H,14-15H2,1-2H3,(H,30,32)/b23-12+. The van der Waals surface area contributed by atoms with Crippen molar-refractivity contribution >= 4 is 63.8 Å². The molecular formula is C27H22Cl2N2O6S. The van der Waals surface area contributed by atoms with Crippen molar-refractivity contribution in [1.82, 2.24) is 4.90 Å². The monoisotopic (exact) mass is 572 g/mol. The number of hydrogen-bond acceptors (Lipinski definition) is 7. The van der Waals surface area contributed by atoms with Gasteiger partial charge in [-0.3, -0.25) is 19.3 Å². The molecule has 0 aromatic heterocycles. The lowest BCUT2D eigenvalue weighted by Crippen LogP contribution is -2.36. The molecule has 1 aliphatic heterocycles. The number of hydrogen-bond donors (Lipinski definition) is 1. The number of ether oxygens (including phenoxy) is 3. The highest BCUT2D eigenvalue weighted by Gasteiger charge is 2.36. The lowest BCUT2D eigenvalue weighted by Gasteiger charge is -2.14. The molecule has 1 fully saturated rings. The van der Waals surface area contributed by atoms with Crippen LogP contribution in [0.2, 0.25) is 10.0 Å². The van der Waals surface area contributed by atoms with Gasteiger partial charge >= 0.3 is 0 Å². The van der Waals surface area contributed by atoms with Crippen molar-refractivity contribution in [2.45, 2.75) is 6.61 Å². The second kappa shape index (κ2) is 12.3. The first kappa shape index (κ1) is 27.4. The number of rotatable bonds is 9. The van der Waals surface area contributed by atoms with Gasteiger partial charge in [0, 0.05) is 16.3 Å². The Morgan fingerprint density at radius 1 is 1.00 bits per heavy atom. The Bertz CT molecular complexity index is 1410. The van der Waals surface area contributed by atoms with Crippen molar-refractivity contribution in [1.29, 1.82) is 0 Å². The van der Waals surface area contributed by atoms with E-state index in [0.29, 0.717) is 38.5 Å². The van der Waals surface area contributed by atoms with Crippen LogP contribution in [0, 0.1) is 0 Å². The summed E-state index contributed by atoms with van der Waals surface area (Å²) < 4.78 is 16.6. The molecule has 8 nitrogen and oxygen atoms in total. The topological polar surface area (TPSA) is 94.2 Å². The number of thioether (sulfide) groups is 1. The molecule has 3 aromatic carbocycles. The molecule has 0 spiro atoms. The van der Waals surface area contributed by atoms with E-state index in [9.17, 15) is 14.4 Å². The van der Waals surface area contributed by atoms with E-state index in [-0.39, 0.29) is 11.5 Å². The molecule has 3 amide bonds. The fraction of sp³-hybridized carbons (Fsp3) is 0.148. The molecule has 196 valence electrons. The molecule has 1 heterocycles. The molecule has 0 atom stereocenters. The second-order valence-corrected chi connectivity index (χ2v) is 9.80. The van der Waals surface area contributed by atoms with Crippen molar-refractivity contribution in [3.8, 4) is 17.2 Å².